The highest BCUT2D eigenvalue weighted by Crippen LogP contribution is 2.44. The summed E-state index contributed by atoms with van der Waals surface area (Å²) in [6.07, 6.45) is 1.04. The van der Waals surface area contributed by atoms with Crippen molar-refractivity contribution < 1.29 is 37.1 Å². The molecule has 0 aliphatic carbocycles. The average Bonchev–Trinajstić information content (AvgIpc) is 3.70. The molecule has 3 aromatic carbocycles. The number of urea groups is 1. The Bertz CT molecular complexity index is 1700. The number of carbonyl (C=O) groups excluding carboxylic acids is 3. The van der Waals surface area contributed by atoms with Crippen LogP contribution in [0.5, 0.6) is 0 Å². The van der Waals surface area contributed by atoms with Crippen LogP contribution < -0.4 is 10.6 Å². The quantitative estimate of drug-likeness (QED) is 0.326. The van der Waals surface area contributed by atoms with Gasteiger partial charge in [-0.15, -0.1) is 0 Å². The van der Waals surface area contributed by atoms with E-state index in [-0.39, 0.29) is 23.3 Å². The predicted molar refractivity (Wildman–Crippen MR) is 162 cm³/mol. The first kappa shape index (κ1) is 31.6. The number of carbonyl (C=O) groups is 4. The number of hydrogen-bond donors (Lipinski definition) is 3. The van der Waals surface area contributed by atoms with Crippen molar-refractivity contribution in [2.45, 2.75) is 47.9 Å². The highest BCUT2D eigenvalue weighted by molar-refractivity contribution is 7.92. The Balaban J connectivity index is 1.46. The van der Waals surface area contributed by atoms with E-state index in [1.54, 1.807) is 41.3 Å². The number of likely N-dealkylation sites (tertiary alicyclic amines) is 2. The number of carboxylic acid groups (broad SMARTS) is 1. The number of benzene rings is 3. The molecule has 3 aromatic rings. The largest absolute Gasteiger partial charge is 0.481 e. The second-order valence-corrected chi connectivity index (χ2v) is 13.2. The third-order valence-electron chi connectivity index (χ3n) is 8.07. The van der Waals surface area contributed by atoms with Gasteiger partial charge in [0.2, 0.25) is 11.8 Å². The maximum Gasteiger partial charge on any atom is 0.319 e. The first-order valence-electron chi connectivity index (χ1n) is 14.5. The maximum absolute atomic E-state index is 15.4. The van der Waals surface area contributed by atoms with Crippen LogP contribution in [-0.4, -0.2) is 78.1 Å². The summed E-state index contributed by atoms with van der Waals surface area (Å²) in [7, 11) is -4.17. The zero-order chi connectivity index (χ0) is 32.1. The van der Waals surface area contributed by atoms with Crippen LogP contribution in [0.25, 0.3) is 0 Å². The van der Waals surface area contributed by atoms with Gasteiger partial charge in [0.1, 0.15) is 11.9 Å². The summed E-state index contributed by atoms with van der Waals surface area (Å²) in [5.74, 6) is -2.95. The van der Waals surface area contributed by atoms with Gasteiger partial charge >= 0.3 is 12.0 Å². The van der Waals surface area contributed by atoms with Crippen LogP contribution >= 0.6 is 0 Å². The van der Waals surface area contributed by atoms with Gasteiger partial charge in [-0.25, -0.2) is 17.6 Å². The fourth-order valence-corrected chi connectivity index (χ4v) is 7.97. The molecule has 3 unspecified atom stereocenters. The van der Waals surface area contributed by atoms with Crippen LogP contribution in [0.4, 0.5) is 14.9 Å². The lowest BCUT2D eigenvalue weighted by Crippen LogP contribution is -2.51. The van der Waals surface area contributed by atoms with E-state index < -0.39 is 63.3 Å². The van der Waals surface area contributed by atoms with Crippen molar-refractivity contribution in [3.05, 3.63) is 95.8 Å². The Hall–Kier alpha value is -4.78. The lowest BCUT2D eigenvalue weighted by atomic mass is 10.0. The van der Waals surface area contributed by atoms with Crippen LogP contribution in [0, 0.1) is 5.82 Å². The molecule has 2 fully saturated rings. The fraction of sp³-hybridized carbons (Fsp3) is 0.312. The van der Waals surface area contributed by atoms with Gasteiger partial charge in [-0.3, -0.25) is 14.4 Å². The molecule has 0 bridgehead atoms. The van der Waals surface area contributed by atoms with E-state index in [4.69, 9.17) is 5.11 Å². The van der Waals surface area contributed by atoms with Gasteiger partial charge in [-0.1, -0.05) is 48.5 Å². The molecular weight excluding hydrogens is 603 g/mol. The molecule has 5 rings (SSSR count). The minimum atomic E-state index is -4.17. The zero-order valence-electron chi connectivity index (χ0n) is 24.3. The number of nitrogens with zero attached hydrogens (tertiary/aromatic N) is 2. The number of sulfone groups is 1. The van der Waals surface area contributed by atoms with Crippen LogP contribution in [0.15, 0.2) is 83.8 Å². The molecule has 0 saturated carbocycles. The van der Waals surface area contributed by atoms with Crippen LogP contribution in [0.3, 0.4) is 0 Å². The number of rotatable bonds is 9. The monoisotopic (exact) mass is 636 g/mol. The van der Waals surface area contributed by atoms with Crippen molar-refractivity contribution in [3.63, 3.8) is 0 Å². The first-order valence-corrected chi connectivity index (χ1v) is 16.1. The predicted octanol–water partition coefficient (Wildman–Crippen LogP) is 3.38. The molecule has 0 radical (unpaired) electrons. The molecule has 3 atom stereocenters. The molecule has 2 saturated heterocycles. The van der Waals surface area contributed by atoms with Gasteiger partial charge in [-0.05, 0) is 55.2 Å². The summed E-state index contributed by atoms with van der Waals surface area (Å²) in [5, 5.41) is 12.7. The maximum atomic E-state index is 15.4. The number of amides is 4. The van der Waals surface area contributed by atoms with Crippen LogP contribution in [0.2, 0.25) is 0 Å². The topological polar surface area (TPSA) is 153 Å². The van der Waals surface area contributed by atoms with Crippen molar-refractivity contribution in [1.29, 1.82) is 0 Å². The molecule has 2 aliphatic rings. The van der Waals surface area contributed by atoms with E-state index in [9.17, 15) is 27.6 Å². The minimum absolute atomic E-state index is 0.0133. The molecule has 0 aromatic heterocycles. The van der Waals surface area contributed by atoms with E-state index in [1.165, 1.54) is 42.5 Å². The van der Waals surface area contributed by atoms with E-state index in [2.05, 4.69) is 10.6 Å². The zero-order valence-corrected chi connectivity index (χ0v) is 25.1. The lowest BCUT2D eigenvalue weighted by molar-refractivity contribution is -0.144. The third-order valence-corrected chi connectivity index (χ3v) is 10.2. The SMILES string of the molecule is O=C(O)Cc1cccc(NC(=O)NCC(=O)N2C(C(=O)N3CCCC3)CC(S(=O)(=O)c3ccccc3)C2c2ccccc2F)c1. The minimum Gasteiger partial charge on any atom is -0.481 e. The summed E-state index contributed by atoms with van der Waals surface area (Å²) in [6, 6.07) is 16.1. The Morgan fingerprint density at radius 1 is 0.911 bits per heavy atom. The molecule has 236 valence electrons. The Morgan fingerprint density at radius 3 is 2.29 bits per heavy atom. The standard InChI is InChI=1S/C32H33FN4O7S/c33-25-14-5-4-13-24(25)30-27(45(43,44)23-11-2-1-3-12-23)19-26(31(41)36-15-6-7-16-36)37(30)28(38)20-34-32(42)35-22-10-8-9-21(17-22)18-29(39)40/h1-5,8-14,17,26-27,30H,6-7,15-16,18-20H2,(H,39,40)(H2,34,35,42). The normalized spacial score (nSPS) is 19.7. The van der Waals surface area contributed by atoms with E-state index >= 15 is 4.39 Å². The van der Waals surface area contributed by atoms with Gasteiger partial charge in [0.15, 0.2) is 9.84 Å². The number of halogens is 1. The summed E-state index contributed by atoms with van der Waals surface area (Å²) in [6.45, 7) is 0.298. The Morgan fingerprint density at radius 2 is 1.60 bits per heavy atom. The van der Waals surface area contributed by atoms with E-state index in [0.29, 0.717) is 24.3 Å². The van der Waals surface area contributed by atoms with E-state index in [1.807, 2.05) is 0 Å². The molecule has 3 N–H and O–H groups in total. The average molecular weight is 637 g/mol. The van der Waals surface area contributed by atoms with Crippen molar-refractivity contribution in [3.8, 4) is 0 Å². The van der Waals surface area contributed by atoms with Crippen molar-refractivity contribution in [2.24, 2.45) is 0 Å². The second kappa shape index (κ2) is 13.5. The van der Waals surface area contributed by atoms with Gasteiger partial charge in [-0.2, -0.15) is 0 Å². The summed E-state index contributed by atoms with van der Waals surface area (Å²) in [5.41, 5.74) is 0.696. The number of anilines is 1. The van der Waals surface area contributed by atoms with Crippen molar-refractivity contribution in [2.75, 3.05) is 25.0 Å². The Labute approximate surface area is 259 Å². The number of aliphatic carboxylic acids is 1. The van der Waals surface area contributed by atoms with Gasteiger partial charge < -0.3 is 25.5 Å². The molecular formula is C32H33FN4O7S. The van der Waals surface area contributed by atoms with Gasteiger partial charge in [0, 0.05) is 24.3 Å². The Kier molecular flexibility index (Phi) is 9.47. The number of hydrogen-bond acceptors (Lipinski definition) is 6. The van der Waals surface area contributed by atoms with Crippen LogP contribution in [0.1, 0.15) is 36.4 Å². The molecule has 11 nitrogen and oxygen atoms in total. The third kappa shape index (κ3) is 6.98. The number of nitrogens with one attached hydrogen (secondary N) is 2. The van der Waals surface area contributed by atoms with Crippen LogP contribution in [-0.2, 0) is 30.6 Å². The summed E-state index contributed by atoms with van der Waals surface area (Å²) < 4.78 is 43.5. The smallest absolute Gasteiger partial charge is 0.319 e. The van der Waals surface area contributed by atoms with Gasteiger partial charge in [0.25, 0.3) is 0 Å². The summed E-state index contributed by atoms with van der Waals surface area (Å²) >= 11 is 0. The van der Waals surface area contributed by atoms with Crippen molar-refractivity contribution >= 4 is 39.3 Å². The summed E-state index contributed by atoms with van der Waals surface area (Å²) in [4.78, 5) is 54.3. The number of carboxylic acids is 1. The first-order chi connectivity index (χ1) is 21.6. The lowest BCUT2D eigenvalue weighted by Gasteiger charge is -2.33. The molecule has 2 aliphatic heterocycles. The van der Waals surface area contributed by atoms with Gasteiger partial charge in [0.05, 0.1) is 29.2 Å². The van der Waals surface area contributed by atoms with E-state index in [0.717, 1.165) is 17.7 Å². The highest BCUT2D eigenvalue weighted by Gasteiger charge is 2.54. The molecule has 0 spiro atoms. The molecule has 4 amide bonds. The molecule has 2 heterocycles. The fourth-order valence-electron chi connectivity index (χ4n) is 6.04. The van der Waals surface area contributed by atoms with Crippen molar-refractivity contribution in [1.82, 2.24) is 15.1 Å². The second-order valence-electron chi connectivity index (χ2n) is 11.0. The molecule has 45 heavy (non-hydrogen) atoms. The highest BCUT2D eigenvalue weighted by atomic mass is 32.2. The molecule has 13 heteroatoms.